The molecule has 0 saturated heterocycles. The SMILES string of the molecule is CC(S)C(=O)NC(S)C(=O)O. The van der Waals surface area contributed by atoms with E-state index in [0.717, 1.165) is 0 Å². The van der Waals surface area contributed by atoms with Crippen LogP contribution in [0.5, 0.6) is 0 Å². The second-order valence-electron chi connectivity index (χ2n) is 1.93. The largest absolute Gasteiger partial charge is 0.479 e. The van der Waals surface area contributed by atoms with E-state index < -0.39 is 22.5 Å². The van der Waals surface area contributed by atoms with Gasteiger partial charge in [0.15, 0.2) is 5.37 Å². The predicted molar refractivity (Wildman–Crippen MR) is 47.0 cm³/mol. The Hall–Kier alpha value is -0.360. The molecule has 2 atom stereocenters. The lowest BCUT2D eigenvalue weighted by Crippen LogP contribution is -2.40. The molecule has 0 fully saturated rings. The van der Waals surface area contributed by atoms with Crippen LogP contribution in [0.15, 0.2) is 0 Å². The highest BCUT2D eigenvalue weighted by molar-refractivity contribution is 7.82. The molecule has 6 heteroatoms. The lowest BCUT2D eigenvalue weighted by molar-refractivity contribution is -0.138. The van der Waals surface area contributed by atoms with Crippen molar-refractivity contribution in [3.05, 3.63) is 0 Å². The highest BCUT2D eigenvalue weighted by Gasteiger charge is 2.16. The van der Waals surface area contributed by atoms with Crippen molar-refractivity contribution >= 4 is 37.1 Å². The van der Waals surface area contributed by atoms with Crippen molar-refractivity contribution in [3.8, 4) is 0 Å². The first-order chi connectivity index (χ1) is 4.95. The van der Waals surface area contributed by atoms with Gasteiger partial charge in [0.1, 0.15) is 0 Å². The minimum Gasteiger partial charge on any atom is -0.479 e. The maximum Gasteiger partial charge on any atom is 0.336 e. The molecule has 0 bridgehead atoms. The number of hydrogen-bond acceptors (Lipinski definition) is 4. The predicted octanol–water partition coefficient (Wildman–Crippen LogP) is -0.239. The van der Waals surface area contributed by atoms with Gasteiger partial charge in [0.2, 0.25) is 5.91 Å². The number of carbonyl (C=O) groups is 2. The molecule has 0 aromatic heterocycles. The number of hydrogen-bond donors (Lipinski definition) is 4. The van der Waals surface area contributed by atoms with Crippen LogP contribution in [0.4, 0.5) is 0 Å². The van der Waals surface area contributed by atoms with Crippen molar-refractivity contribution in [2.75, 3.05) is 0 Å². The van der Waals surface area contributed by atoms with Crippen LogP contribution in [0, 0.1) is 0 Å². The summed E-state index contributed by atoms with van der Waals surface area (Å²) >= 11 is 7.39. The Labute approximate surface area is 75.2 Å². The van der Waals surface area contributed by atoms with Crippen molar-refractivity contribution in [3.63, 3.8) is 0 Å². The first-order valence-corrected chi connectivity index (χ1v) is 3.87. The van der Waals surface area contributed by atoms with Gasteiger partial charge >= 0.3 is 5.97 Å². The van der Waals surface area contributed by atoms with Gasteiger partial charge in [0.25, 0.3) is 0 Å². The molecule has 0 radical (unpaired) electrons. The first-order valence-electron chi connectivity index (χ1n) is 2.84. The molecular weight excluding hydrogens is 186 g/mol. The molecule has 0 heterocycles. The van der Waals surface area contributed by atoms with Crippen LogP contribution in [0.25, 0.3) is 0 Å². The lowest BCUT2D eigenvalue weighted by Gasteiger charge is -2.09. The number of carboxylic acid groups (broad SMARTS) is 1. The van der Waals surface area contributed by atoms with Gasteiger partial charge in [0, 0.05) is 0 Å². The van der Waals surface area contributed by atoms with Gasteiger partial charge in [-0.25, -0.2) is 4.79 Å². The minimum atomic E-state index is -1.18. The van der Waals surface area contributed by atoms with E-state index in [2.05, 4.69) is 30.6 Å². The maximum atomic E-state index is 10.8. The smallest absolute Gasteiger partial charge is 0.336 e. The standard InChI is InChI=1S/C5H9NO3S2/c1-2(10)3(7)6-4(11)5(8)9/h2,4,10-11H,1H3,(H,6,7)(H,8,9). The maximum absolute atomic E-state index is 10.8. The van der Waals surface area contributed by atoms with Crippen LogP contribution in [0.3, 0.4) is 0 Å². The van der Waals surface area contributed by atoms with E-state index in [0.29, 0.717) is 0 Å². The van der Waals surface area contributed by atoms with Gasteiger partial charge in [-0.3, -0.25) is 4.79 Å². The molecule has 4 nitrogen and oxygen atoms in total. The van der Waals surface area contributed by atoms with Gasteiger partial charge in [-0.15, -0.1) is 12.6 Å². The van der Waals surface area contributed by atoms with E-state index in [1.165, 1.54) is 0 Å². The molecule has 0 saturated carbocycles. The van der Waals surface area contributed by atoms with Crippen LogP contribution >= 0.6 is 25.3 Å². The topological polar surface area (TPSA) is 66.4 Å². The number of rotatable bonds is 3. The highest BCUT2D eigenvalue weighted by atomic mass is 32.1. The minimum absolute atomic E-state index is 0.448. The Morgan fingerprint density at radius 3 is 2.18 bits per heavy atom. The monoisotopic (exact) mass is 195 g/mol. The summed E-state index contributed by atoms with van der Waals surface area (Å²) in [6.07, 6.45) is 0. The van der Waals surface area contributed by atoms with Gasteiger partial charge in [-0.1, -0.05) is 0 Å². The normalized spacial score (nSPS) is 15.2. The number of carbonyl (C=O) groups excluding carboxylic acids is 1. The second-order valence-corrected chi connectivity index (χ2v) is 3.22. The molecule has 2 unspecified atom stereocenters. The Balaban J connectivity index is 3.85. The van der Waals surface area contributed by atoms with Gasteiger partial charge in [-0.2, -0.15) is 12.6 Å². The van der Waals surface area contributed by atoms with Gasteiger partial charge < -0.3 is 10.4 Å². The Morgan fingerprint density at radius 1 is 1.45 bits per heavy atom. The number of aliphatic carboxylic acids is 1. The molecule has 64 valence electrons. The zero-order valence-electron chi connectivity index (χ0n) is 5.81. The molecule has 0 aromatic rings. The quantitative estimate of drug-likeness (QED) is 0.371. The summed E-state index contributed by atoms with van der Waals surface area (Å²) in [4.78, 5) is 20.9. The van der Waals surface area contributed by atoms with Crippen LogP contribution in [0.2, 0.25) is 0 Å². The van der Waals surface area contributed by atoms with E-state index >= 15 is 0 Å². The summed E-state index contributed by atoms with van der Waals surface area (Å²) in [6.45, 7) is 1.54. The summed E-state index contributed by atoms with van der Waals surface area (Å²) in [5, 5.41) is 8.75. The fourth-order valence-corrected chi connectivity index (χ4v) is 0.519. The van der Waals surface area contributed by atoms with Crippen molar-refractivity contribution in [1.29, 1.82) is 0 Å². The third-order valence-electron chi connectivity index (χ3n) is 0.892. The molecule has 0 aliphatic heterocycles. The van der Waals surface area contributed by atoms with Crippen molar-refractivity contribution in [1.82, 2.24) is 5.32 Å². The molecule has 0 rings (SSSR count). The average molecular weight is 195 g/mol. The van der Waals surface area contributed by atoms with Crippen molar-refractivity contribution in [2.45, 2.75) is 17.5 Å². The summed E-state index contributed by atoms with van der Waals surface area (Å²) in [5.74, 6) is -1.63. The van der Waals surface area contributed by atoms with E-state index in [1.807, 2.05) is 0 Å². The van der Waals surface area contributed by atoms with E-state index in [9.17, 15) is 9.59 Å². The summed E-state index contributed by atoms with van der Waals surface area (Å²) < 4.78 is 0. The van der Waals surface area contributed by atoms with Crippen LogP contribution in [0.1, 0.15) is 6.92 Å². The van der Waals surface area contributed by atoms with Gasteiger partial charge in [0.05, 0.1) is 5.25 Å². The summed E-state index contributed by atoms with van der Waals surface area (Å²) in [7, 11) is 0. The number of thiol groups is 2. The fraction of sp³-hybridized carbons (Fsp3) is 0.600. The zero-order valence-corrected chi connectivity index (χ0v) is 7.60. The van der Waals surface area contributed by atoms with Gasteiger partial charge in [-0.05, 0) is 6.92 Å². The third kappa shape index (κ3) is 4.15. The molecular formula is C5H9NO3S2. The number of carboxylic acids is 1. The fourth-order valence-electron chi connectivity index (χ4n) is 0.317. The molecule has 2 N–H and O–H groups in total. The summed E-state index contributed by atoms with van der Waals surface area (Å²) in [6, 6.07) is 0. The third-order valence-corrected chi connectivity index (χ3v) is 1.48. The molecule has 11 heavy (non-hydrogen) atoms. The van der Waals surface area contributed by atoms with Crippen molar-refractivity contribution in [2.24, 2.45) is 0 Å². The Bertz CT molecular complexity index is 171. The van der Waals surface area contributed by atoms with E-state index in [1.54, 1.807) is 6.92 Å². The molecule has 1 amide bonds. The average Bonchev–Trinajstić information content (AvgIpc) is 1.87. The lowest BCUT2D eigenvalue weighted by atomic mass is 10.4. The van der Waals surface area contributed by atoms with Crippen LogP contribution < -0.4 is 5.32 Å². The summed E-state index contributed by atoms with van der Waals surface area (Å²) in [5.41, 5.74) is 0. The van der Waals surface area contributed by atoms with Crippen molar-refractivity contribution < 1.29 is 14.7 Å². The molecule has 0 aromatic carbocycles. The Morgan fingerprint density at radius 2 is 1.91 bits per heavy atom. The molecule has 0 aliphatic carbocycles. The zero-order chi connectivity index (χ0) is 9.02. The van der Waals surface area contributed by atoms with E-state index in [4.69, 9.17) is 5.11 Å². The first kappa shape index (κ1) is 10.6. The second kappa shape index (κ2) is 4.50. The van der Waals surface area contributed by atoms with Crippen LogP contribution in [-0.4, -0.2) is 27.6 Å². The molecule has 0 aliphatic rings. The Kier molecular flexibility index (Phi) is 4.36. The molecule has 0 spiro atoms. The van der Waals surface area contributed by atoms with E-state index in [-0.39, 0.29) is 0 Å². The highest BCUT2D eigenvalue weighted by Crippen LogP contribution is 1.95. The van der Waals surface area contributed by atoms with Crippen LogP contribution in [-0.2, 0) is 9.59 Å². The number of nitrogens with one attached hydrogen (secondary N) is 1. The number of amides is 1.